The highest BCUT2D eigenvalue weighted by Crippen LogP contribution is 2.39. The molecule has 36 heavy (non-hydrogen) atoms. The van der Waals surface area contributed by atoms with Gasteiger partial charge in [-0.15, -0.1) is 0 Å². The number of halogens is 3. The molecule has 0 aliphatic carbocycles. The third-order valence-electron chi connectivity index (χ3n) is 7.11. The minimum absolute atomic E-state index is 0.0278. The van der Waals surface area contributed by atoms with E-state index in [4.69, 9.17) is 9.47 Å². The highest BCUT2D eigenvalue weighted by atomic mass is 19.1. The van der Waals surface area contributed by atoms with Crippen LogP contribution in [-0.2, 0) is 0 Å². The second-order valence-electron chi connectivity index (χ2n) is 9.41. The molecule has 1 aliphatic rings. The summed E-state index contributed by atoms with van der Waals surface area (Å²) in [4.78, 5) is 6.27. The number of ether oxygens (including phenoxy) is 2. The molecule has 9 heteroatoms. The fourth-order valence-electron chi connectivity index (χ4n) is 4.86. The van der Waals surface area contributed by atoms with E-state index in [1.54, 1.807) is 18.2 Å². The minimum Gasteiger partial charge on any atom is -0.497 e. The van der Waals surface area contributed by atoms with Crippen LogP contribution in [-0.4, -0.2) is 60.1 Å². The van der Waals surface area contributed by atoms with Crippen LogP contribution in [0.4, 0.5) is 13.2 Å². The molecule has 1 aliphatic heterocycles. The molecule has 0 unspecified atom stereocenters. The summed E-state index contributed by atoms with van der Waals surface area (Å²) in [6.07, 6.45) is 2.31. The van der Waals surface area contributed by atoms with Crippen molar-refractivity contribution in [2.45, 2.75) is 31.8 Å². The van der Waals surface area contributed by atoms with Gasteiger partial charge in [-0.2, -0.15) is 0 Å². The number of hydrogen-bond donors (Lipinski definition) is 2. The first-order chi connectivity index (χ1) is 17.3. The molecular formula is C27H31F3N2O4. The average Bonchev–Trinajstić information content (AvgIpc) is 2.87. The molecule has 2 heterocycles. The zero-order valence-electron chi connectivity index (χ0n) is 20.2. The van der Waals surface area contributed by atoms with Gasteiger partial charge in [0.15, 0.2) is 0 Å². The van der Waals surface area contributed by atoms with Gasteiger partial charge in [0.05, 0.1) is 24.9 Å². The molecule has 0 spiro atoms. The molecule has 0 amide bonds. The Balaban J connectivity index is 1.33. The summed E-state index contributed by atoms with van der Waals surface area (Å²) < 4.78 is 52.1. The predicted octanol–water partition coefficient (Wildman–Crippen LogP) is 4.63. The molecule has 4 rings (SSSR count). The van der Waals surface area contributed by atoms with Gasteiger partial charge in [-0.1, -0.05) is 0 Å². The Kier molecular flexibility index (Phi) is 8.33. The van der Waals surface area contributed by atoms with Gasteiger partial charge in [-0.25, -0.2) is 13.2 Å². The van der Waals surface area contributed by atoms with Crippen molar-refractivity contribution in [3.8, 4) is 11.5 Å². The Morgan fingerprint density at radius 1 is 1.06 bits per heavy atom. The molecule has 3 aromatic rings. The monoisotopic (exact) mass is 504 g/mol. The number of hydrogen-bond acceptors (Lipinski definition) is 6. The largest absolute Gasteiger partial charge is 0.497 e. The zero-order chi connectivity index (χ0) is 25.7. The normalized spacial score (nSPS) is 16.7. The number of nitrogens with zero attached hydrogens (tertiary/aromatic N) is 2. The smallest absolute Gasteiger partial charge is 0.147 e. The van der Waals surface area contributed by atoms with Crippen molar-refractivity contribution >= 4 is 10.9 Å². The lowest BCUT2D eigenvalue weighted by atomic mass is 9.74. The lowest BCUT2D eigenvalue weighted by Crippen LogP contribution is -2.43. The van der Waals surface area contributed by atoms with Gasteiger partial charge in [-0.05, 0) is 62.4 Å². The van der Waals surface area contributed by atoms with Crippen LogP contribution >= 0.6 is 0 Å². The number of likely N-dealkylation sites (tertiary alicyclic amines) is 1. The van der Waals surface area contributed by atoms with Gasteiger partial charge in [0.1, 0.15) is 35.6 Å². The van der Waals surface area contributed by atoms with E-state index in [9.17, 15) is 23.4 Å². The standard InChI is InChI=1S/C27H31F3N2O4/c1-35-20-2-3-24-22(15-20)26(23(30)16-31-24)25(34)4-5-27(17-33)6-8-32(9-7-27)10-11-36-21-13-18(28)12-19(29)14-21/h2-3,12-16,25,33-34H,4-11,17H2,1H3/t25-/m1/s1. The van der Waals surface area contributed by atoms with Gasteiger partial charge >= 0.3 is 0 Å². The summed E-state index contributed by atoms with van der Waals surface area (Å²) in [6.45, 7) is 2.26. The second-order valence-corrected chi connectivity index (χ2v) is 9.41. The fraction of sp³-hybridized carbons (Fsp3) is 0.444. The van der Waals surface area contributed by atoms with E-state index in [1.165, 1.54) is 7.11 Å². The Morgan fingerprint density at radius 2 is 1.78 bits per heavy atom. The highest BCUT2D eigenvalue weighted by molar-refractivity contribution is 5.84. The summed E-state index contributed by atoms with van der Waals surface area (Å²) in [7, 11) is 1.52. The number of aromatic nitrogens is 1. The molecule has 1 saturated heterocycles. The Hall–Kier alpha value is -2.88. The summed E-state index contributed by atoms with van der Waals surface area (Å²) in [6, 6.07) is 8.22. The topological polar surface area (TPSA) is 75.0 Å². The number of pyridine rings is 1. The van der Waals surface area contributed by atoms with E-state index in [-0.39, 0.29) is 29.9 Å². The number of methoxy groups -OCH3 is 1. The number of fused-ring (bicyclic) bond motifs is 1. The van der Waals surface area contributed by atoms with Crippen molar-refractivity contribution in [1.29, 1.82) is 0 Å². The molecule has 0 saturated carbocycles. The third-order valence-corrected chi connectivity index (χ3v) is 7.11. The molecule has 0 radical (unpaired) electrons. The summed E-state index contributed by atoms with van der Waals surface area (Å²) in [5.74, 6) is -1.24. The van der Waals surface area contributed by atoms with Gasteiger partial charge in [-0.3, -0.25) is 9.88 Å². The summed E-state index contributed by atoms with van der Waals surface area (Å²) >= 11 is 0. The van der Waals surface area contributed by atoms with Gasteiger partial charge in [0.2, 0.25) is 0 Å². The number of piperidine rings is 1. The molecule has 1 fully saturated rings. The molecule has 1 atom stereocenters. The van der Waals surface area contributed by atoms with Crippen LogP contribution in [0.5, 0.6) is 11.5 Å². The van der Waals surface area contributed by atoms with Crippen LogP contribution in [0, 0.1) is 22.9 Å². The number of aliphatic hydroxyl groups excluding tert-OH is 2. The molecule has 0 bridgehead atoms. The number of rotatable bonds is 10. The van der Waals surface area contributed by atoms with E-state index in [2.05, 4.69) is 9.88 Å². The van der Waals surface area contributed by atoms with Crippen LogP contribution in [0.25, 0.3) is 10.9 Å². The van der Waals surface area contributed by atoms with E-state index < -0.39 is 23.6 Å². The molecule has 6 nitrogen and oxygen atoms in total. The van der Waals surface area contributed by atoms with Crippen molar-refractivity contribution in [2.24, 2.45) is 5.41 Å². The van der Waals surface area contributed by atoms with Crippen molar-refractivity contribution in [2.75, 3.05) is 40.0 Å². The molecule has 194 valence electrons. The van der Waals surface area contributed by atoms with E-state index in [0.717, 1.165) is 24.4 Å². The maximum Gasteiger partial charge on any atom is 0.147 e. The predicted molar refractivity (Wildman–Crippen MR) is 129 cm³/mol. The van der Waals surface area contributed by atoms with E-state index in [0.29, 0.717) is 62.0 Å². The zero-order valence-corrected chi connectivity index (χ0v) is 20.2. The van der Waals surface area contributed by atoms with Crippen LogP contribution in [0.3, 0.4) is 0 Å². The van der Waals surface area contributed by atoms with Crippen molar-refractivity contribution in [1.82, 2.24) is 9.88 Å². The second kappa shape index (κ2) is 11.5. The number of aliphatic hydroxyl groups is 2. The van der Waals surface area contributed by atoms with Crippen molar-refractivity contribution in [3.05, 3.63) is 65.6 Å². The first-order valence-corrected chi connectivity index (χ1v) is 12.0. The Bertz CT molecular complexity index is 1160. The SMILES string of the molecule is COc1ccc2ncc(F)c([C@H](O)CCC3(CO)CCN(CCOc4cc(F)cc(F)c4)CC3)c2c1. The summed E-state index contributed by atoms with van der Waals surface area (Å²) in [5.41, 5.74) is 0.385. The Morgan fingerprint density at radius 3 is 2.44 bits per heavy atom. The van der Waals surface area contributed by atoms with E-state index in [1.807, 2.05) is 0 Å². The van der Waals surface area contributed by atoms with Gasteiger partial charge < -0.3 is 19.7 Å². The molecule has 2 aromatic carbocycles. The van der Waals surface area contributed by atoms with Crippen LogP contribution in [0.1, 0.15) is 37.4 Å². The van der Waals surface area contributed by atoms with Gasteiger partial charge in [0.25, 0.3) is 0 Å². The number of benzene rings is 2. The molecular weight excluding hydrogens is 473 g/mol. The van der Waals surface area contributed by atoms with Gasteiger partial charge in [0, 0.05) is 42.3 Å². The lowest BCUT2D eigenvalue weighted by Gasteiger charge is -2.41. The van der Waals surface area contributed by atoms with Crippen LogP contribution in [0.2, 0.25) is 0 Å². The lowest BCUT2D eigenvalue weighted by molar-refractivity contribution is 0.0202. The highest BCUT2D eigenvalue weighted by Gasteiger charge is 2.34. The fourth-order valence-corrected chi connectivity index (χ4v) is 4.86. The third kappa shape index (κ3) is 6.08. The quantitative estimate of drug-likeness (QED) is 0.420. The van der Waals surface area contributed by atoms with E-state index >= 15 is 0 Å². The first kappa shape index (κ1) is 26.2. The minimum atomic E-state index is -1.05. The maximum atomic E-state index is 14.7. The summed E-state index contributed by atoms with van der Waals surface area (Å²) in [5, 5.41) is 21.6. The van der Waals surface area contributed by atoms with Crippen molar-refractivity contribution in [3.63, 3.8) is 0 Å². The van der Waals surface area contributed by atoms with Crippen LogP contribution < -0.4 is 9.47 Å². The molecule has 2 N–H and O–H groups in total. The van der Waals surface area contributed by atoms with Crippen LogP contribution in [0.15, 0.2) is 42.6 Å². The Labute approximate surface area is 208 Å². The molecule has 1 aromatic heterocycles. The van der Waals surface area contributed by atoms with Crippen molar-refractivity contribution < 1.29 is 32.9 Å². The average molecular weight is 505 g/mol. The first-order valence-electron chi connectivity index (χ1n) is 12.0. The maximum absolute atomic E-state index is 14.7.